The van der Waals surface area contributed by atoms with Crippen molar-refractivity contribution >= 4 is 18.4 Å². The van der Waals surface area contributed by atoms with Crippen molar-refractivity contribution in [3.8, 4) is 0 Å². The first-order chi connectivity index (χ1) is 8.10. The lowest BCUT2D eigenvalue weighted by Gasteiger charge is -2.15. The van der Waals surface area contributed by atoms with Gasteiger partial charge in [0.05, 0.1) is 6.61 Å². The van der Waals surface area contributed by atoms with Gasteiger partial charge in [0.25, 0.3) is 0 Å². The van der Waals surface area contributed by atoms with Crippen molar-refractivity contribution in [3.63, 3.8) is 0 Å². The molecule has 0 aromatic carbocycles. The van der Waals surface area contributed by atoms with E-state index in [-0.39, 0.29) is 24.3 Å². The van der Waals surface area contributed by atoms with Crippen LogP contribution in [0.5, 0.6) is 0 Å². The molecule has 0 amide bonds. The van der Waals surface area contributed by atoms with Gasteiger partial charge in [0, 0.05) is 6.42 Å². The maximum Gasteiger partial charge on any atom is 0.306 e. The van der Waals surface area contributed by atoms with Gasteiger partial charge in [-0.05, 0) is 37.6 Å². The van der Waals surface area contributed by atoms with Crippen LogP contribution in [0.25, 0.3) is 0 Å². The minimum atomic E-state index is -0.119. The Bertz CT molecular complexity index is 230. The van der Waals surface area contributed by atoms with Crippen LogP contribution in [0.3, 0.4) is 0 Å². The molecule has 0 rings (SSSR count). The zero-order chi connectivity index (χ0) is 13.1. The number of allylic oxidation sites excluding steroid dienone is 1. The highest BCUT2D eigenvalue weighted by Gasteiger charge is 2.14. The number of halogens is 1. The molecule has 0 radical (unpaired) electrons. The van der Waals surface area contributed by atoms with E-state index in [1.54, 1.807) is 0 Å². The third kappa shape index (κ3) is 11.9. The highest BCUT2D eigenvalue weighted by molar-refractivity contribution is 5.85. The van der Waals surface area contributed by atoms with E-state index in [9.17, 15) is 4.79 Å². The second kappa shape index (κ2) is 12.9. The Morgan fingerprint density at radius 3 is 2.50 bits per heavy atom. The summed E-state index contributed by atoms with van der Waals surface area (Å²) in [5, 5.41) is 0. The highest BCUT2D eigenvalue weighted by Crippen LogP contribution is 2.14. The van der Waals surface area contributed by atoms with Gasteiger partial charge in [-0.1, -0.05) is 32.9 Å². The second-order valence-electron chi connectivity index (χ2n) is 4.82. The van der Waals surface area contributed by atoms with Crippen LogP contribution in [0.15, 0.2) is 12.2 Å². The van der Waals surface area contributed by atoms with Crippen molar-refractivity contribution in [2.45, 2.75) is 46.5 Å². The van der Waals surface area contributed by atoms with Gasteiger partial charge in [0.2, 0.25) is 0 Å². The number of hydrogen-bond donors (Lipinski definition) is 1. The van der Waals surface area contributed by atoms with Gasteiger partial charge in [-0.3, -0.25) is 4.79 Å². The predicted molar refractivity (Wildman–Crippen MR) is 78.9 cm³/mol. The van der Waals surface area contributed by atoms with E-state index in [1.807, 2.05) is 6.08 Å². The third-order valence-electron chi connectivity index (χ3n) is 2.54. The van der Waals surface area contributed by atoms with Gasteiger partial charge in [-0.15, -0.1) is 12.4 Å². The molecule has 4 heteroatoms. The van der Waals surface area contributed by atoms with Crippen LogP contribution in [0.1, 0.15) is 46.5 Å². The van der Waals surface area contributed by atoms with E-state index in [1.165, 1.54) is 0 Å². The average molecular weight is 278 g/mol. The van der Waals surface area contributed by atoms with Crippen molar-refractivity contribution in [1.29, 1.82) is 0 Å². The van der Waals surface area contributed by atoms with Crippen LogP contribution in [0, 0.1) is 11.8 Å². The van der Waals surface area contributed by atoms with Crippen molar-refractivity contribution in [3.05, 3.63) is 12.2 Å². The van der Waals surface area contributed by atoms with Crippen molar-refractivity contribution in [1.82, 2.24) is 0 Å². The molecule has 3 nitrogen and oxygen atoms in total. The molecule has 0 saturated carbocycles. The molecule has 2 N–H and O–H groups in total. The normalized spacial score (nSPS) is 12.5. The lowest BCUT2D eigenvalue weighted by atomic mass is 9.94. The van der Waals surface area contributed by atoms with E-state index in [4.69, 9.17) is 10.5 Å². The summed E-state index contributed by atoms with van der Waals surface area (Å²) in [5.74, 6) is 0.712. The quantitative estimate of drug-likeness (QED) is 0.400. The molecule has 0 bridgehead atoms. The molecule has 0 spiro atoms. The smallest absolute Gasteiger partial charge is 0.306 e. The molecule has 0 saturated heterocycles. The Labute approximate surface area is 118 Å². The number of nitrogens with two attached hydrogens (primary N) is 1. The lowest BCUT2D eigenvalue weighted by Crippen LogP contribution is -2.21. The molecule has 0 aromatic rings. The zero-order valence-corrected chi connectivity index (χ0v) is 12.7. The first-order valence-corrected chi connectivity index (χ1v) is 6.60. The van der Waals surface area contributed by atoms with Crippen molar-refractivity contribution in [2.24, 2.45) is 17.6 Å². The Kier molecular flexibility index (Phi) is 14.2. The summed E-state index contributed by atoms with van der Waals surface area (Å²) in [6.45, 7) is 7.41. The largest absolute Gasteiger partial charge is 0.465 e. The van der Waals surface area contributed by atoms with Crippen molar-refractivity contribution < 1.29 is 9.53 Å². The molecule has 0 aliphatic rings. The maximum absolute atomic E-state index is 11.5. The minimum absolute atomic E-state index is 0. The summed E-state index contributed by atoms with van der Waals surface area (Å²) in [5.41, 5.74) is 5.64. The SMILES string of the molecule is CC/C=C/CCOC(=O)C[C@@H](CN)CC(C)C.Cl. The van der Waals surface area contributed by atoms with Gasteiger partial charge in [0.15, 0.2) is 0 Å². The summed E-state index contributed by atoms with van der Waals surface area (Å²) in [6.07, 6.45) is 7.39. The predicted octanol–water partition coefficient (Wildman–Crippen LogP) is 3.32. The van der Waals surface area contributed by atoms with Crippen LogP contribution in [0.2, 0.25) is 0 Å². The first kappa shape index (κ1) is 19.8. The van der Waals surface area contributed by atoms with E-state index >= 15 is 0 Å². The lowest BCUT2D eigenvalue weighted by molar-refractivity contribution is -0.144. The summed E-state index contributed by atoms with van der Waals surface area (Å²) >= 11 is 0. The topological polar surface area (TPSA) is 52.3 Å². The molecule has 0 aliphatic heterocycles. The Morgan fingerprint density at radius 2 is 2.00 bits per heavy atom. The van der Waals surface area contributed by atoms with Crippen LogP contribution in [-0.4, -0.2) is 19.1 Å². The molecule has 0 aromatic heterocycles. The number of hydrogen-bond acceptors (Lipinski definition) is 3. The Hall–Kier alpha value is -0.540. The Morgan fingerprint density at radius 1 is 1.33 bits per heavy atom. The van der Waals surface area contributed by atoms with E-state index < -0.39 is 0 Å². The van der Waals surface area contributed by atoms with E-state index in [0.29, 0.717) is 25.5 Å². The van der Waals surface area contributed by atoms with Gasteiger partial charge in [0.1, 0.15) is 0 Å². The molecule has 18 heavy (non-hydrogen) atoms. The third-order valence-corrected chi connectivity index (χ3v) is 2.54. The van der Waals surface area contributed by atoms with Crippen LogP contribution in [-0.2, 0) is 9.53 Å². The van der Waals surface area contributed by atoms with Gasteiger partial charge in [-0.25, -0.2) is 0 Å². The second-order valence-corrected chi connectivity index (χ2v) is 4.82. The molecule has 0 unspecified atom stereocenters. The fraction of sp³-hybridized carbons (Fsp3) is 0.786. The average Bonchev–Trinajstić information content (AvgIpc) is 2.27. The number of ether oxygens (including phenoxy) is 1. The van der Waals surface area contributed by atoms with Crippen LogP contribution in [0.4, 0.5) is 0 Å². The monoisotopic (exact) mass is 277 g/mol. The molecule has 0 aliphatic carbocycles. The number of carbonyl (C=O) groups is 1. The van der Waals surface area contributed by atoms with E-state index in [0.717, 1.165) is 19.3 Å². The van der Waals surface area contributed by atoms with E-state index in [2.05, 4.69) is 26.8 Å². The fourth-order valence-electron chi connectivity index (χ4n) is 1.75. The van der Waals surface area contributed by atoms with Gasteiger partial charge < -0.3 is 10.5 Å². The molecule has 0 fully saturated rings. The summed E-state index contributed by atoms with van der Waals surface area (Å²) < 4.78 is 5.16. The molecular weight excluding hydrogens is 250 g/mol. The fourth-order valence-corrected chi connectivity index (χ4v) is 1.75. The zero-order valence-electron chi connectivity index (χ0n) is 11.9. The maximum atomic E-state index is 11.5. The first-order valence-electron chi connectivity index (χ1n) is 6.60. The van der Waals surface area contributed by atoms with Crippen LogP contribution < -0.4 is 5.73 Å². The number of carbonyl (C=O) groups excluding carboxylic acids is 1. The minimum Gasteiger partial charge on any atom is -0.465 e. The summed E-state index contributed by atoms with van der Waals surface area (Å²) in [6, 6.07) is 0. The molecule has 1 atom stereocenters. The van der Waals surface area contributed by atoms with Crippen molar-refractivity contribution in [2.75, 3.05) is 13.2 Å². The summed E-state index contributed by atoms with van der Waals surface area (Å²) in [4.78, 5) is 11.5. The van der Waals surface area contributed by atoms with Crippen LogP contribution >= 0.6 is 12.4 Å². The number of rotatable bonds is 9. The highest BCUT2D eigenvalue weighted by atomic mass is 35.5. The standard InChI is InChI=1S/C14H27NO2.ClH/c1-4-5-6-7-8-17-14(16)10-13(11-15)9-12(2)3;/h5-6,12-13H,4,7-11,15H2,1-3H3;1H/b6-5+;/t13-;/m0./s1. The molecular formula is C14H28ClNO2. The Balaban J connectivity index is 0. The number of esters is 1. The molecule has 0 heterocycles. The van der Waals surface area contributed by atoms with Gasteiger partial charge >= 0.3 is 5.97 Å². The summed E-state index contributed by atoms with van der Waals surface area (Å²) in [7, 11) is 0. The van der Waals surface area contributed by atoms with Gasteiger partial charge in [-0.2, -0.15) is 0 Å². The molecule has 108 valence electrons.